The molecule has 182 valence electrons. The number of fused-ring (bicyclic) bond motifs is 1. The van der Waals surface area contributed by atoms with Crippen LogP contribution in [0.4, 0.5) is 23.5 Å². The van der Waals surface area contributed by atoms with Gasteiger partial charge in [0, 0.05) is 36.2 Å². The third-order valence-electron chi connectivity index (χ3n) is 4.99. The highest BCUT2D eigenvalue weighted by Gasteiger charge is 2.21. The van der Waals surface area contributed by atoms with Crippen molar-refractivity contribution < 1.29 is 17.6 Å². The van der Waals surface area contributed by atoms with Crippen molar-refractivity contribution in [2.45, 2.75) is 0 Å². The highest BCUT2D eigenvalue weighted by Crippen LogP contribution is 2.30. The summed E-state index contributed by atoms with van der Waals surface area (Å²) in [6, 6.07) is 8.22. The van der Waals surface area contributed by atoms with Crippen LogP contribution >= 0.6 is 0 Å². The first-order valence-corrected chi connectivity index (χ1v) is 10.3. The second-order valence-corrected chi connectivity index (χ2v) is 7.30. The summed E-state index contributed by atoms with van der Waals surface area (Å²) in [5.74, 6) is -4.22. The molecule has 4 N–H and O–H groups in total. The average molecular weight is 496 g/mol. The van der Waals surface area contributed by atoms with Crippen molar-refractivity contribution in [1.29, 1.82) is 10.7 Å². The predicted octanol–water partition coefficient (Wildman–Crippen LogP) is 3.01. The van der Waals surface area contributed by atoms with E-state index in [9.17, 15) is 22.4 Å². The summed E-state index contributed by atoms with van der Waals surface area (Å²) in [4.78, 5) is 21.3. The molecule has 0 fully saturated rings. The number of halogens is 4. The van der Waals surface area contributed by atoms with E-state index in [1.54, 1.807) is 6.19 Å². The minimum atomic E-state index is -1.03. The van der Waals surface area contributed by atoms with Crippen LogP contribution in [0.3, 0.4) is 0 Å². The Balaban J connectivity index is 1.90. The van der Waals surface area contributed by atoms with Crippen LogP contribution in [0.25, 0.3) is 28.0 Å². The van der Waals surface area contributed by atoms with Gasteiger partial charge in [-0.25, -0.2) is 22.5 Å². The molecule has 4 aromatic rings. The van der Waals surface area contributed by atoms with Gasteiger partial charge in [-0.3, -0.25) is 20.1 Å². The van der Waals surface area contributed by atoms with Crippen LogP contribution in [0.15, 0.2) is 53.3 Å². The number of para-hydroxylation sites is 1. The lowest BCUT2D eigenvalue weighted by Gasteiger charge is -2.15. The third kappa shape index (κ3) is 4.78. The molecule has 9 nitrogen and oxygen atoms in total. The Morgan fingerprint density at radius 3 is 2.44 bits per heavy atom. The van der Waals surface area contributed by atoms with Crippen molar-refractivity contribution in [2.75, 3.05) is 18.4 Å². The fourth-order valence-electron chi connectivity index (χ4n) is 3.46. The van der Waals surface area contributed by atoms with E-state index in [4.69, 9.17) is 10.7 Å². The summed E-state index contributed by atoms with van der Waals surface area (Å²) in [7, 11) is 0. The Labute approximate surface area is 200 Å². The Kier molecular flexibility index (Phi) is 6.77. The summed E-state index contributed by atoms with van der Waals surface area (Å²) in [6.45, 7) is 0.218. The molecule has 0 amide bonds. The van der Waals surface area contributed by atoms with Crippen LogP contribution in [0.1, 0.15) is 0 Å². The van der Waals surface area contributed by atoms with Crippen LogP contribution in [0, 0.1) is 40.1 Å². The first-order valence-electron chi connectivity index (χ1n) is 10.3. The van der Waals surface area contributed by atoms with Gasteiger partial charge in [0.15, 0.2) is 11.8 Å². The van der Waals surface area contributed by atoms with Crippen molar-refractivity contribution >= 4 is 22.9 Å². The molecule has 2 aromatic carbocycles. The van der Waals surface area contributed by atoms with Gasteiger partial charge >= 0.3 is 0 Å². The lowest BCUT2D eigenvalue weighted by Crippen LogP contribution is -2.36. The van der Waals surface area contributed by atoms with E-state index < -0.39 is 34.5 Å². The second-order valence-electron chi connectivity index (χ2n) is 7.30. The largest absolute Gasteiger partial charge is 0.354 e. The Bertz CT molecular complexity index is 1560. The number of pyridine rings is 1. The molecular formula is C23H16F4N8O. The number of aromatic nitrogens is 3. The maximum absolute atomic E-state index is 14.7. The number of guanidine groups is 1. The molecule has 0 radical (unpaired) electrons. The van der Waals surface area contributed by atoms with E-state index >= 15 is 0 Å². The first kappa shape index (κ1) is 24.1. The molecule has 0 bridgehead atoms. The molecule has 36 heavy (non-hydrogen) atoms. The summed E-state index contributed by atoms with van der Waals surface area (Å²) >= 11 is 0. The van der Waals surface area contributed by atoms with Gasteiger partial charge in [-0.05, 0) is 30.3 Å². The van der Waals surface area contributed by atoms with Crippen molar-refractivity contribution in [3.8, 4) is 23.1 Å². The Morgan fingerprint density at radius 2 is 1.75 bits per heavy atom. The molecule has 0 saturated carbocycles. The number of nitrogens with zero attached hydrogens (tertiary/aromatic N) is 4. The van der Waals surface area contributed by atoms with Crippen LogP contribution in [0.5, 0.6) is 0 Å². The van der Waals surface area contributed by atoms with Gasteiger partial charge < -0.3 is 10.6 Å². The number of hydrogen-bond donors (Lipinski definition) is 4. The summed E-state index contributed by atoms with van der Waals surface area (Å²) < 4.78 is 58.3. The summed E-state index contributed by atoms with van der Waals surface area (Å²) in [5.41, 5.74) is -1.91. The molecule has 2 heterocycles. The monoisotopic (exact) mass is 496 g/mol. The highest BCUT2D eigenvalue weighted by atomic mass is 19.1. The number of nitriles is 1. The molecule has 0 aliphatic rings. The Morgan fingerprint density at radius 1 is 1.00 bits per heavy atom. The number of hydrogen-bond acceptors (Lipinski definition) is 6. The third-order valence-corrected chi connectivity index (χ3v) is 4.99. The van der Waals surface area contributed by atoms with Gasteiger partial charge in [0.05, 0.1) is 5.69 Å². The molecule has 0 saturated heterocycles. The van der Waals surface area contributed by atoms with Gasteiger partial charge in [0.25, 0.3) is 5.56 Å². The average Bonchev–Trinajstić information content (AvgIpc) is 2.83. The number of nitrogens with one attached hydrogen (secondary N) is 4. The number of anilines is 1. The van der Waals surface area contributed by atoms with Gasteiger partial charge in [0.1, 0.15) is 29.0 Å². The van der Waals surface area contributed by atoms with Crippen LogP contribution in [0.2, 0.25) is 0 Å². The fraction of sp³-hybridized carbons (Fsp3) is 0.0870. The van der Waals surface area contributed by atoms with Crippen LogP contribution < -0.4 is 21.5 Å². The first-order chi connectivity index (χ1) is 17.3. The maximum atomic E-state index is 14.7. The molecular weight excluding hydrogens is 480 g/mol. The molecule has 0 unspecified atom stereocenters. The molecule has 0 aliphatic carbocycles. The van der Waals surface area contributed by atoms with Crippen LogP contribution in [-0.4, -0.2) is 33.6 Å². The van der Waals surface area contributed by atoms with Gasteiger partial charge in [-0.1, -0.05) is 6.07 Å². The van der Waals surface area contributed by atoms with E-state index in [0.717, 1.165) is 36.4 Å². The zero-order chi connectivity index (χ0) is 25.8. The maximum Gasteiger partial charge on any atom is 0.256 e. The minimum Gasteiger partial charge on any atom is -0.354 e. The molecule has 0 spiro atoms. The molecule has 0 atom stereocenters. The molecule has 0 aliphatic heterocycles. The lowest BCUT2D eigenvalue weighted by molar-refractivity contribution is 0.568. The molecule has 13 heteroatoms. The van der Waals surface area contributed by atoms with E-state index in [0.29, 0.717) is 10.6 Å². The fourth-order valence-corrected chi connectivity index (χ4v) is 3.46. The van der Waals surface area contributed by atoms with Gasteiger partial charge in [-0.15, -0.1) is 0 Å². The van der Waals surface area contributed by atoms with E-state index in [1.807, 2.05) is 0 Å². The van der Waals surface area contributed by atoms with Gasteiger partial charge in [0.2, 0.25) is 11.9 Å². The van der Waals surface area contributed by atoms with Crippen LogP contribution in [-0.2, 0) is 0 Å². The quantitative estimate of drug-likeness (QED) is 0.0806. The minimum absolute atomic E-state index is 0.0580. The van der Waals surface area contributed by atoms with Crippen molar-refractivity contribution in [3.05, 3.63) is 82.2 Å². The van der Waals surface area contributed by atoms with Crippen molar-refractivity contribution in [3.63, 3.8) is 0 Å². The SMILES string of the molecule is N#CNC(=N)NCCNc1nc(-c2ccc(F)cc2F)c2ccc(=O)n(-c3c(F)cccc3F)c2n1. The smallest absolute Gasteiger partial charge is 0.256 e. The van der Waals surface area contributed by atoms with E-state index in [1.165, 1.54) is 6.07 Å². The second kappa shape index (κ2) is 10.1. The number of benzene rings is 2. The predicted molar refractivity (Wildman–Crippen MR) is 123 cm³/mol. The van der Waals surface area contributed by atoms with Crippen molar-refractivity contribution in [2.24, 2.45) is 0 Å². The van der Waals surface area contributed by atoms with Crippen molar-refractivity contribution in [1.82, 2.24) is 25.2 Å². The van der Waals surface area contributed by atoms with E-state index in [-0.39, 0.29) is 47.3 Å². The Hall–Kier alpha value is -4.99. The number of rotatable bonds is 6. The van der Waals surface area contributed by atoms with Gasteiger partial charge in [-0.2, -0.15) is 10.2 Å². The zero-order valence-corrected chi connectivity index (χ0v) is 18.2. The van der Waals surface area contributed by atoms with E-state index in [2.05, 4.69) is 25.9 Å². The molecule has 2 aromatic heterocycles. The highest BCUT2D eigenvalue weighted by molar-refractivity contribution is 5.92. The normalized spacial score (nSPS) is 10.6. The summed E-state index contributed by atoms with van der Waals surface area (Å²) in [6.07, 6.45) is 1.58. The molecule has 4 rings (SSSR count). The topological polar surface area (TPSA) is 132 Å². The summed E-state index contributed by atoms with van der Waals surface area (Å²) in [5, 5.41) is 23.6. The standard InChI is InChI=1S/C23H16F4N8O/c24-12-4-5-13(17(27)10-12)19-14-6-7-18(36)35(20-15(25)2-1-3-16(20)26)21(14)34-23(33-19)31-9-8-30-22(29)32-11-28/h1-7,10H,8-9H2,(H3,29,30,32)(H,31,33,34). The zero-order valence-electron chi connectivity index (χ0n) is 18.2. The lowest BCUT2D eigenvalue weighted by atomic mass is 10.1.